The monoisotopic (exact) mass is 344 g/mol. The molecule has 0 aliphatic carbocycles. The van der Waals surface area contributed by atoms with Crippen molar-refractivity contribution in [3.8, 4) is 0 Å². The highest BCUT2D eigenvalue weighted by Crippen LogP contribution is 2.24. The van der Waals surface area contributed by atoms with Crippen molar-refractivity contribution in [2.24, 2.45) is 0 Å². The van der Waals surface area contributed by atoms with Gasteiger partial charge in [-0.3, -0.25) is 4.79 Å². The van der Waals surface area contributed by atoms with Crippen molar-refractivity contribution in [2.75, 3.05) is 5.73 Å². The van der Waals surface area contributed by atoms with E-state index in [1.54, 1.807) is 0 Å². The topological polar surface area (TPSA) is 96.2 Å². The van der Waals surface area contributed by atoms with Gasteiger partial charge in [0.05, 0.1) is 16.6 Å². The molecule has 25 heavy (non-hydrogen) atoms. The van der Waals surface area contributed by atoms with Crippen LogP contribution < -0.4 is 11.2 Å². The second kappa shape index (κ2) is 6.35. The highest BCUT2D eigenvalue weighted by molar-refractivity contribution is 5.98. The van der Waals surface area contributed by atoms with Crippen LogP contribution in [0.1, 0.15) is 21.6 Å². The van der Waals surface area contributed by atoms with E-state index >= 15 is 0 Å². The molecule has 5 nitrogen and oxygen atoms in total. The molecule has 0 spiro atoms. The normalized spacial score (nSPS) is 11.0. The maximum absolute atomic E-state index is 13.6. The Balaban J connectivity index is 2.17. The van der Waals surface area contributed by atoms with E-state index in [4.69, 9.17) is 5.73 Å². The number of nitrogens with two attached hydrogens (primary N) is 1. The number of fused-ring (bicyclic) bond motifs is 1. The molecule has 0 radical (unpaired) electrons. The van der Waals surface area contributed by atoms with E-state index < -0.39 is 34.3 Å². The lowest BCUT2D eigenvalue weighted by molar-refractivity contribution is 0.0694. The van der Waals surface area contributed by atoms with Crippen LogP contribution in [0.2, 0.25) is 0 Å². The van der Waals surface area contributed by atoms with Crippen molar-refractivity contribution in [3.05, 3.63) is 75.1 Å². The largest absolute Gasteiger partial charge is 0.477 e. The number of anilines is 1. The Labute approximate surface area is 140 Å². The molecule has 4 N–H and O–H groups in total. The van der Waals surface area contributed by atoms with Crippen molar-refractivity contribution in [1.29, 1.82) is 0 Å². The number of hydrogen-bond donors (Lipinski definition) is 3. The first-order valence-corrected chi connectivity index (χ1v) is 7.49. The van der Waals surface area contributed by atoms with Crippen molar-refractivity contribution in [3.63, 3.8) is 0 Å². The number of aromatic amines is 1. The average Bonchev–Trinajstić information content (AvgIpc) is 2.58. The zero-order valence-corrected chi connectivity index (χ0v) is 13.0. The lowest BCUT2D eigenvalue weighted by atomic mass is 10.0. The molecular weight excluding hydrogens is 330 g/mol. The molecule has 128 valence electrons. The maximum atomic E-state index is 13.6. The Morgan fingerprint density at radius 1 is 1.16 bits per heavy atom. The standard InChI is InChI=1S/C18H14F2N2O3/c19-10-8-12-13(16(21)15(10)20)17(23)14(18(24)25)11(22-12)7-6-9-4-2-1-3-5-9/h1-5,8H,6-7,21H2,(H,22,23)(H,24,25). The number of carboxylic acid groups (broad SMARTS) is 1. The third-order valence-corrected chi connectivity index (χ3v) is 4.02. The SMILES string of the molecule is Nc1c(F)c(F)cc2[nH]c(CCc3ccccc3)c(C(=O)O)c(=O)c12. The molecule has 0 unspecified atom stereocenters. The minimum Gasteiger partial charge on any atom is -0.477 e. The van der Waals surface area contributed by atoms with Crippen LogP contribution in [0.25, 0.3) is 10.9 Å². The molecule has 0 fully saturated rings. The first-order chi connectivity index (χ1) is 11.9. The van der Waals surface area contributed by atoms with Crippen LogP contribution in [0.15, 0.2) is 41.2 Å². The highest BCUT2D eigenvalue weighted by atomic mass is 19.2. The van der Waals surface area contributed by atoms with E-state index in [0.717, 1.165) is 11.6 Å². The second-order valence-corrected chi connectivity index (χ2v) is 5.61. The summed E-state index contributed by atoms with van der Waals surface area (Å²) >= 11 is 0. The number of aromatic carboxylic acids is 1. The van der Waals surface area contributed by atoms with Crippen LogP contribution >= 0.6 is 0 Å². The Morgan fingerprint density at radius 3 is 2.48 bits per heavy atom. The number of halogens is 2. The molecule has 1 heterocycles. The Bertz CT molecular complexity index is 1030. The van der Waals surface area contributed by atoms with Gasteiger partial charge in [-0.25, -0.2) is 13.6 Å². The third-order valence-electron chi connectivity index (χ3n) is 4.02. The van der Waals surface area contributed by atoms with Crippen LogP contribution in [0.3, 0.4) is 0 Å². The number of rotatable bonds is 4. The lowest BCUT2D eigenvalue weighted by Gasteiger charge is -2.11. The summed E-state index contributed by atoms with van der Waals surface area (Å²) in [5, 5.41) is 9.03. The molecule has 0 aliphatic heterocycles. The smallest absolute Gasteiger partial charge is 0.341 e. The Hall–Kier alpha value is -3.22. The number of aryl methyl sites for hydroxylation is 2. The van der Waals surface area contributed by atoms with E-state index in [-0.39, 0.29) is 23.0 Å². The molecule has 0 bridgehead atoms. The molecule has 0 saturated carbocycles. The first kappa shape index (κ1) is 16.6. The minimum atomic E-state index is -1.45. The van der Waals surface area contributed by atoms with Crippen LogP contribution in [0.5, 0.6) is 0 Å². The van der Waals surface area contributed by atoms with Crippen LogP contribution in [0.4, 0.5) is 14.5 Å². The van der Waals surface area contributed by atoms with Gasteiger partial charge in [-0.05, 0) is 18.4 Å². The molecule has 0 amide bonds. The quantitative estimate of drug-likeness (QED) is 0.634. The highest BCUT2D eigenvalue weighted by Gasteiger charge is 2.22. The van der Waals surface area contributed by atoms with Gasteiger partial charge in [0, 0.05) is 11.8 Å². The van der Waals surface area contributed by atoms with Crippen molar-refractivity contribution in [1.82, 2.24) is 4.98 Å². The van der Waals surface area contributed by atoms with Gasteiger partial charge >= 0.3 is 5.97 Å². The summed E-state index contributed by atoms with van der Waals surface area (Å²) < 4.78 is 27.2. The van der Waals surface area contributed by atoms with Gasteiger partial charge in [0.15, 0.2) is 11.6 Å². The molecular formula is C18H14F2N2O3. The zero-order chi connectivity index (χ0) is 18.1. The Morgan fingerprint density at radius 2 is 1.84 bits per heavy atom. The number of benzene rings is 2. The summed E-state index contributed by atoms with van der Waals surface area (Å²) in [5.74, 6) is -4.03. The maximum Gasteiger partial charge on any atom is 0.341 e. The number of nitrogen functional groups attached to an aromatic ring is 1. The van der Waals surface area contributed by atoms with Gasteiger partial charge in [-0.2, -0.15) is 0 Å². The summed E-state index contributed by atoms with van der Waals surface area (Å²) in [5.41, 5.74) is 4.39. The number of nitrogens with one attached hydrogen (secondary N) is 1. The summed E-state index contributed by atoms with van der Waals surface area (Å²) in [7, 11) is 0. The second-order valence-electron chi connectivity index (χ2n) is 5.61. The Kier molecular flexibility index (Phi) is 4.22. The van der Waals surface area contributed by atoms with Crippen molar-refractivity contribution in [2.45, 2.75) is 12.8 Å². The van der Waals surface area contributed by atoms with Gasteiger partial charge < -0.3 is 15.8 Å². The molecule has 3 aromatic rings. The fourth-order valence-corrected chi connectivity index (χ4v) is 2.80. The molecule has 0 saturated heterocycles. The van der Waals surface area contributed by atoms with Crippen LogP contribution in [-0.2, 0) is 12.8 Å². The molecule has 7 heteroatoms. The number of pyridine rings is 1. The molecule has 2 aromatic carbocycles. The molecule has 1 aromatic heterocycles. The van der Waals surface area contributed by atoms with Crippen LogP contribution in [-0.4, -0.2) is 16.1 Å². The predicted molar refractivity (Wildman–Crippen MR) is 89.7 cm³/mol. The van der Waals surface area contributed by atoms with Gasteiger partial charge in [0.25, 0.3) is 0 Å². The number of hydrogen-bond acceptors (Lipinski definition) is 3. The summed E-state index contributed by atoms with van der Waals surface area (Å²) in [6.45, 7) is 0. The molecule has 0 aliphatic rings. The van der Waals surface area contributed by atoms with Crippen LogP contribution in [0, 0.1) is 11.6 Å². The zero-order valence-electron chi connectivity index (χ0n) is 13.0. The number of carbonyl (C=O) groups is 1. The van der Waals surface area contributed by atoms with Gasteiger partial charge in [-0.1, -0.05) is 30.3 Å². The fourth-order valence-electron chi connectivity index (χ4n) is 2.80. The predicted octanol–water partition coefficient (Wildman–Crippen LogP) is 2.87. The lowest BCUT2D eigenvalue weighted by Crippen LogP contribution is -2.21. The van der Waals surface area contributed by atoms with E-state index in [9.17, 15) is 23.5 Å². The number of carboxylic acids is 1. The molecule has 3 rings (SSSR count). The minimum absolute atomic E-state index is 0.0329. The van der Waals surface area contributed by atoms with Gasteiger partial charge in [-0.15, -0.1) is 0 Å². The van der Waals surface area contributed by atoms with Crippen molar-refractivity contribution >= 4 is 22.6 Å². The fraction of sp³-hybridized carbons (Fsp3) is 0.111. The van der Waals surface area contributed by atoms with Gasteiger partial charge in [0.2, 0.25) is 5.43 Å². The average molecular weight is 344 g/mol. The molecule has 0 atom stereocenters. The van der Waals surface area contributed by atoms with E-state index in [1.165, 1.54) is 0 Å². The first-order valence-electron chi connectivity index (χ1n) is 7.49. The van der Waals surface area contributed by atoms with Gasteiger partial charge in [0.1, 0.15) is 5.56 Å². The van der Waals surface area contributed by atoms with E-state index in [1.807, 2.05) is 30.3 Å². The van der Waals surface area contributed by atoms with Crippen molar-refractivity contribution < 1.29 is 18.7 Å². The number of aromatic nitrogens is 1. The summed E-state index contributed by atoms with van der Waals surface area (Å²) in [6, 6.07) is 10.1. The van der Waals surface area contributed by atoms with E-state index in [0.29, 0.717) is 6.42 Å². The van der Waals surface area contributed by atoms with E-state index in [2.05, 4.69) is 4.98 Å². The summed E-state index contributed by atoms with van der Waals surface area (Å²) in [6.07, 6.45) is 0.692. The number of H-pyrrole nitrogens is 1. The summed E-state index contributed by atoms with van der Waals surface area (Å²) in [4.78, 5) is 26.8. The third kappa shape index (κ3) is 2.96.